The predicted molar refractivity (Wildman–Crippen MR) is 114 cm³/mol. The van der Waals surface area contributed by atoms with Crippen LogP contribution in [0.4, 0.5) is 11.4 Å². The van der Waals surface area contributed by atoms with E-state index < -0.39 is 0 Å². The normalized spacial score (nSPS) is 11.6. The van der Waals surface area contributed by atoms with Gasteiger partial charge < -0.3 is 15.8 Å². The van der Waals surface area contributed by atoms with Crippen LogP contribution in [-0.2, 0) is 11.4 Å². The highest BCUT2D eigenvalue weighted by molar-refractivity contribution is 5.94. The molecule has 3 aromatic carbocycles. The summed E-state index contributed by atoms with van der Waals surface area (Å²) in [7, 11) is 0. The van der Waals surface area contributed by atoms with Gasteiger partial charge in [-0.3, -0.25) is 4.79 Å². The van der Waals surface area contributed by atoms with Crippen molar-refractivity contribution in [2.45, 2.75) is 32.8 Å². The highest BCUT2D eigenvalue weighted by Crippen LogP contribution is 2.31. The zero-order valence-corrected chi connectivity index (χ0v) is 16.3. The Hall–Kier alpha value is -3.27. The summed E-state index contributed by atoms with van der Waals surface area (Å²) in [5.41, 5.74) is 10.4. The summed E-state index contributed by atoms with van der Waals surface area (Å²) in [6, 6.07) is 23.5. The monoisotopic (exact) mass is 374 g/mol. The standard InChI is InChI=1S/C24H26N2O2/c1-17-12-13-20(23(14-17)28-16-19-8-4-3-5-9-19)18(2)15-24(27)26-22-11-7-6-10-21(22)25/h3-14,18H,15-16,25H2,1-2H3,(H,26,27). The van der Waals surface area contributed by atoms with Gasteiger partial charge in [0.25, 0.3) is 0 Å². The summed E-state index contributed by atoms with van der Waals surface area (Å²) in [5, 5.41) is 2.89. The number of carbonyl (C=O) groups excluding carboxylic acids is 1. The van der Waals surface area contributed by atoms with E-state index in [1.807, 2.05) is 74.5 Å². The number of rotatable bonds is 7. The predicted octanol–water partition coefficient (Wildman–Crippen LogP) is 5.29. The first-order valence-corrected chi connectivity index (χ1v) is 9.44. The van der Waals surface area contributed by atoms with Crippen molar-refractivity contribution in [3.05, 3.63) is 89.5 Å². The molecule has 4 heteroatoms. The van der Waals surface area contributed by atoms with Gasteiger partial charge in [0.2, 0.25) is 5.91 Å². The molecule has 3 aromatic rings. The average molecular weight is 374 g/mol. The molecule has 0 aliphatic carbocycles. The van der Waals surface area contributed by atoms with Crippen LogP contribution in [0.3, 0.4) is 0 Å². The van der Waals surface area contributed by atoms with Crippen molar-refractivity contribution < 1.29 is 9.53 Å². The van der Waals surface area contributed by atoms with E-state index in [1.54, 1.807) is 12.1 Å². The number of carbonyl (C=O) groups is 1. The van der Waals surface area contributed by atoms with Gasteiger partial charge in [0.15, 0.2) is 0 Å². The molecule has 3 rings (SSSR count). The maximum Gasteiger partial charge on any atom is 0.225 e. The number of para-hydroxylation sites is 2. The second kappa shape index (κ2) is 9.09. The largest absolute Gasteiger partial charge is 0.489 e. The maximum atomic E-state index is 12.5. The second-order valence-electron chi connectivity index (χ2n) is 7.06. The zero-order chi connectivity index (χ0) is 19.9. The van der Waals surface area contributed by atoms with Gasteiger partial charge >= 0.3 is 0 Å². The highest BCUT2D eigenvalue weighted by atomic mass is 16.5. The van der Waals surface area contributed by atoms with Gasteiger partial charge in [-0.1, -0.05) is 61.5 Å². The summed E-state index contributed by atoms with van der Waals surface area (Å²) in [6.07, 6.45) is 0.346. The minimum atomic E-state index is -0.0695. The van der Waals surface area contributed by atoms with Gasteiger partial charge in [0.05, 0.1) is 11.4 Å². The average Bonchev–Trinajstić information content (AvgIpc) is 2.69. The molecule has 0 radical (unpaired) electrons. The number of ether oxygens (including phenoxy) is 1. The summed E-state index contributed by atoms with van der Waals surface area (Å²) in [4.78, 5) is 12.5. The lowest BCUT2D eigenvalue weighted by molar-refractivity contribution is -0.116. The molecule has 28 heavy (non-hydrogen) atoms. The van der Waals surface area contributed by atoms with Crippen LogP contribution in [0, 0.1) is 6.92 Å². The molecule has 0 aromatic heterocycles. The van der Waals surface area contributed by atoms with E-state index in [0.717, 1.165) is 22.4 Å². The maximum absolute atomic E-state index is 12.5. The van der Waals surface area contributed by atoms with Crippen LogP contribution in [-0.4, -0.2) is 5.91 Å². The van der Waals surface area contributed by atoms with E-state index in [2.05, 4.69) is 5.32 Å². The van der Waals surface area contributed by atoms with E-state index in [0.29, 0.717) is 24.4 Å². The van der Waals surface area contributed by atoms with Crippen LogP contribution < -0.4 is 15.8 Å². The minimum Gasteiger partial charge on any atom is -0.489 e. The van der Waals surface area contributed by atoms with Gasteiger partial charge in [-0.15, -0.1) is 0 Å². The summed E-state index contributed by atoms with van der Waals surface area (Å²) in [5.74, 6) is 0.764. The third-order valence-electron chi connectivity index (χ3n) is 4.66. The van der Waals surface area contributed by atoms with Gasteiger partial charge in [-0.2, -0.15) is 0 Å². The van der Waals surface area contributed by atoms with E-state index in [1.165, 1.54) is 0 Å². The van der Waals surface area contributed by atoms with Crippen LogP contribution in [0.1, 0.15) is 36.0 Å². The van der Waals surface area contributed by atoms with Crippen LogP contribution in [0.25, 0.3) is 0 Å². The molecule has 144 valence electrons. The number of anilines is 2. The molecule has 0 fully saturated rings. The Bertz CT molecular complexity index is 938. The topological polar surface area (TPSA) is 64.4 Å². The summed E-state index contributed by atoms with van der Waals surface area (Å²) >= 11 is 0. The van der Waals surface area contributed by atoms with Crippen molar-refractivity contribution in [2.24, 2.45) is 0 Å². The molecule has 3 N–H and O–H groups in total. The number of amides is 1. The Kier molecular flexibility index (Phi) is 6.33. The zero-order valence-electron chi connectivity index (χ0n) is 16.3. The first kappa shape index (κ1) is 19.5. The number of benzene rings is 3. The Balaban J connectivity index is 1.69. The van der Waals surface area contributed by atoms with E-state index >= 15 is 0 Å². The van der Waals surface area contributed by atoms with E-state index in [9.17, 15) is 4.79 Å². The molecule has 1 unspecified atom stereocenters. The molecule has 0 heterocycles. The molecule has 0 aliphatic rings. The van der Waals surface area contributed by atoms with Crippen molar-refractivity contribution in [3.63, 3.8) is 0 Å². The van der Waals surface area contributed by atoms with Crippen molar-refractivity contribution in [1.82, 2.24) is 0 Å². The third-order valence-corrected chi connectivity index (χ3v) is 4.66. The fourth-order valence-electron chi connectivity index (χ4n) is 3.11. The Labute approximate surface area is 166 Å². The molecule has 1 amide bonds. The number of nitrogens with two attached hydrogens (primary N) is 1. The summed E-state index contributed by atoms with van der Waals surface area (Å²) < 4.78 is 6.09. The Morgan fingerprint density at radius 3 is 2.50 bits per heavy atom. The lowest BCUT2D eigenvalue weighted by atomic mass is 9.95. The lowest BCUT2D eigenvalue weighted by Gasteiger charge is -2.18. The van der Waals surface area contributed by atoms with Gasteiger partial charge in [0.1, 0.15) is 12.4 Å². The number of nitrogen functional groups attached to an aromatic ring is 1. The van der Waals surface area contributed by atoms with Crippen LogP contribution in [0.15, 0.2) is 72.8 Å². The van der Waals surface area contributed by atoms with Crippen molar-refractivity contribution in [2.75, 3.05) is 11.1 Å². The number of hydrogen-bond acceptors (Lipinski definition) is 3. The molecule has 1 atom stereocenters. The van der Waals surface area contributed by atoms with Gasteiger partial charge in [0, 0.05) is 6.42 Å². The molecule has 0 saturated carbocycles. The Morgan fingerprint density at radius 1 is 1.04 bits per heavy atom. The van der Waals surface area contributed by atoms with Crippen LogP contribution in [0.2, 0.25) is 0 Å². The van der Waals surface area contributed by atoms with E-state index in [4.69, 9.17) is 10.5 Å². The molecule has 0 saturated heterocycles. The van der Waals surface area contributed by atoms with E-state index in [-0.39, 0.29) is 11.8 Å². The minimum absolute atomic E-state index is 0.0105. The molecular weight excluding hydrogens is 348 g/mol. The molecule has 4 nitrogen and oxygen atoms in total. The third kappa shape index (κ3) is 5.13. The number of hydrogen-bond donors (Lipinski definition) is 2. The fourth-order valence-corrected chi connectivity index (χ4v) is 3.11. The van der Waals surface area contributed by atoms with Crippen LogP contribution in [0.5, 0.6) is 5.75 Å². The SMILES string of the molecule is Cc1ccc(C(C)CC(=O)Nc2ccccc2N)c(OCc2ccccc2)c1. The molecule has 0 aliphatic heterocycles. The van der Waals surface area contributed by atoms with Gasteiger partial charge in [-0.25, -0.2) is 0 Å². The van der Waals surface area contributed by atoms with Crippen LogP contribution >= 0.6 is 0 Å². The van der Waals surface area contributed by atoms with Crippen molar-refractivity contribution >= 4 is 17.3 Å². The second-order valence-corrected chi connectivity index (χ2v) is 7.06. The summed E-state index contributed by atoms with van der Waals surface area (Å²) in [6.45, 7) is 4.57. The van der Waals surface area contributed by atoms with Crippen molar-refractivity contribution in [3.8, 4) is 5.75 Å². The fraction of sp³-hybridized carbons (Fsp3) is 0.208. The number of aryl methyl sites for hydroxylation is 1. The van der Waals surface area contributed by atoms with Crippen molar-refractivity contribution in [1.29, 1.82) is 0 Å². The molecule has 0 spiro atoms. The molecule has 0 bridgehead atoms. The Morgan fingerprint density at radius 2 is 1.75 bits per heavy atom. The highest BCUT2D eigenvalue weighted by Gasteiger charge is 2.17. The first-order chi connectivity index (χ1) is 13.5. The smallest absolute Gasteiger partial charge is 0.225 e. The number of nitrogens with one attached hydrogen (secondary N) is 1. The van der Waals surface area contributed by atoms with Gasteiger partial charge in [-0.05, 0) is 47.7 Å². The quantitative estimate of drug-likeness (QED) is 0.552. The lowest BCUT2D eigenvalue weighted by Crippen LogP contribution is -2.16. The molecular formula is C24H26N2O2. The first-order valence-electron chi connectivity index (χ1n) is 9.44.